The molecule has 0 bridgehead atoms. The zero-order valence-electron chi connectivity index (χ0n) is 15.2. The zero-order chi connectivity index (χ0) is 22.0. The Morgan fingerprint density at radius 1 is 1.03 bits per heavy atom. The second-order valence-electron chi connectivity index (χ2n) is 6.51. The number of alkyl halides is 7. The first-order chi connectivity index (χ1) is 13.3. The lowest BCUT2D eigenvalue weighted by Crippen LogP contribution is -2.57. The zero-order valence-corrected chi connectivity index (χ0v) is 16.0. The minimum absolute atomic E-state index is 0.0147. The monoisotopic (exact) mass is 449 g/mol. The molecule has 1 aliphatic rings. The Bertz CT molecular complexity index is 774. The van der Waals surface area contributed by atoms with Gasteiger partial charge in [-0.25, -0.2) is 4.79 Å². The van der Waals surface area contributed by atoms with Crippen LogP contribution in [-0.4, -0.2) is 36.5 Å². The molecule has 0 unspecified atom stereocenters. The Hall–Kier alpha value is -1.85. The number of ether oxygens (including phenoxy) is 1. The first-order valence-electron chi connectivity index (χ1n) is 8.80. The van der Waals surface area contributed by atoms with Gasteiger partial charge in [0.1, 0.15) is 5.00 Å². The molecular weight excluding hydrogens is 431 g/mol. The van der Waals surface area contributed by atoms with Crippen LogP contribution in [0, 0.1) is 0 Å². The van der Waals surface area contributed by atoms with E-state index in [1.807, 2.05) is 0 Å². The number of aryl methyl sites for hydroxylation is 1. The molecule has 4 nitrogen and oxygen atoms in total. The normalized spacial score (nSPS) is 15.4. The quantitative estimate of drug-likeness (QED) is 0.362. The van der Waals surface area contributed by atoms with Crippen LogP contribution < -0.4 is 5.32 Å². The number of carbonyl (C=O) groups excluding carboxylic acids is 2. The molecule has 1 heterocycles. The molecule has 164 valence electrons. The molecule has 0 saturated heterocycles. The van der Waals surface area contributed by atoms with Crippen molar-refractivity contribution in [3.63, 3.8) is 0 Å². The number of fused-ring (bicyclic) bond motifs is 1. The van der Waals surface area contributed by atoms with Gasteiger partial charge in [0.05, 0.1) is 12.2 Å². The maximum absolute atomic E-state index is 13.7. The molecule has 0 atom stereocenters. The number of hydrogen-bond acceptors (Lipinski definition) is 4. The van der Waals surface area contributed by atoms with E-state index in [1.165, 1.54) is 5.32 Å². The third-order valence-corrected chi connectivity index (χ3v) is 5.53. The molecule has 1 amide bonds. The number of thiophene rings is 1. The van der Waals surface area contributed by atoms with Gasteiger partial charge < -0.3 is 10.1 Å². The Labute approximate surface area is 165 Å². The van der Waals surface area contributed by atoms with E-state index in [9.17, 15) is 40.3 Å². The molecule has 0 fully saturated rings. The van der Waals surface area contributed by atoms with Crippen molar-refractivity contribution in [1.82, 2.24) is 0 Å². The SMILES string of the molecule is CCCOC(=O)c1c(NC(=O)C(F)(F)C(F)(F)C(F)(F)F)sc2c1CCCCC2. The van der Waals surface area contributed by atoms with Gasteiger partial charge in [0, 0.05) is 4.88 Å². The van der Waals surface area contributed by atoms with Gasteiger partial charge in [0.2, 0.25) is 0 Å². The highest BCUT2D eigenvalue weighted by Crippen LogP contribution is 2.47. The van der Waals surface area contributed by atoms with Crippen molar-refractivity contribution in [1.29, 1.82) is 0 Å². The Morgan fingerprint density at radius 3 is 2.24 bits per heavy atom. The van der Waals surface area contributed by atoms with Gasteiger partial charge in [0.25, 0.3) is 0 Å². The Balaban J connectivity index is 2.41. The van der Waals surface area contributed by atoms with Gasteiger partial charge in [0.15, 0.2) is 0 Å². The highest BCUT2D eigenvalue weighted by Gasteiger charge is 2.76. The van der Waals surface area contributed by atoms with Gasteiger partial charge in [-0.2, -0.15) is 30.7 Å². The van der Waals surface area contributed by atoms with E-state index >= 15 is 0 Å². The highest BCUT2D eigenvalue weighted by atomic mass is 32.1. The van der Waals surface area contributed by atoms with Crippen molar-refractivity contribution >= 4 is 28.2 Å². The summed E-state index contributed by atoms with van der Waals surface area (Å²) in [5, 5.41) is 0.899. The maximum Gasteiger partial charge on any atom is 0.460 e. The highest BCUT2D eigenvalue weighted by molar-refractivity contribution is 7.17. The van der Waals surface area contributed by atoms with Gasteiger partial charge in [-0.15, -0.1) is 11.3 Å². The number of hydrogen-bond donors (Lipinski definition) is 1. The number of anilines is 1. The van der Waals surface area contributed by atoms with Crippen molar-refractivity contribution in [2.45, 2.75) is 63.5 Å². The van der Waals surface area contributed by atoms with E-state index < -0.39 is 34.9 Å². The molecule has 2 rings (SSSR count). The van der Waals surface area contributed by atoms with Gasteiger partial charge in [-0.05, 0) is 37.7 Å². The smallest absolute Gasteiger partial charge is 0.460 e. The number of carbonyl (C=O) groups is 2. The van der Waals surface area contributed by atoms with E-state index in [2.05, 4.69) is 0 Å². The summed E-state index contributed by atoms with van der Waals surface area (Å²) in [6.07, 6.45) is -3.16. The van der Waals surface area contributed by atoms with Crippen molar-refractivity contribution in [2.75, 3.05) is 11.9 Å². The first kappa shape index (κ1) is 23.4. The predicted molar refractivity (Wildman–Crippen MR) is 90.7 cm³/mol. The van der Waals surface area contributed by atoms with E-state index in [1.54, 1.807) is 6.92 Å². The number of rotatable bonds is 6. The van der Waals surface area contributed by atoms with Gasteiger partial charge >= 0.3 is 29.9 Å². The van der Waals surface area contributed by atoms with Crippen LogP contribution in [0.2, 0.25) is 0 Å². The molecule has 0 radical (unpaired) electrons. The van der Waals surface area contributed by atoms with Crippen molar-refractivity contribution in [3.05, 3.63) is 16.0 Å². The second-order valence-corrected chi connectivity index (χ2v) is 7.61. The number of halogens is 7. The van der Waals surface area contributed by atoms with Crippen molar-refractivity contribution < 1.29 is 45.1 Å². The molecular formula is C17H18F7NO3S. The van der Waals surface area contributed by atoms with Crippen LogP contribution in [0.5, 0.6) is 0 Å². The molecule has 1 N–H and O–H groups in total. The third kappa shape index (κ3) is 4.51. The van der Waals surface area contributed by atoms with Crippen LogP contribution in [-0.2, 0) is 22.4 Å². The molecule has 0 spiro atoms. The summed E-state index contributed by atoms with van der Waals surface area (Å²) in [5.41, 5.74) is 0.176. The van der Waals surface area contributed by atoms with Gasteiger partial charge in [-0.1, -0.05) is 13.3 Å². The molecule has 29 heavy (non-hydrogen) atoms. The molecule has 1 aromatic rings. The molecule has 0 aromatic carbocycles. The van der Waals surface area contributed by atoms with E-state index in [-0.39, 0.29) is 12.2 Å². The van der Waals surface area contributed by atoms with Gasteiger partial charge in [-0.3, -0.25) is 4.79 Å². The largest absolute Gasteiger partial charge is 0.462 e. The summed E-state index contributed by atoms with van der Waals surface area (Å²) in [6.45, 7) is 1.68. The first-order valence-corrected chi connectivity index (χ1v) is 9.61. The van der Waals surface area contributed by atoms with Crippen LogP contribution in [0.3, 0.4) is 0 Å². The number of esters is 1. The number of amides is 1. The topological polar surface area (TPSA) is 55.4 Å². The lowest BCUT2D eigenvalue weighted by molar-refractivity contribution is -0.343. The lowest BCUT2D eigenvalue weighted by atomic mass is 10.1. The fraction of sp³-hybridized carbons (Fsp3) is 0.647. The van der Waals surface area contributed by atoms with Crippen LogP contribution >= 0.6 is 11.3 Å². The standard InChI is InChI=1S/C17H18F7NO3S/c1-2-8-28-13(26)11-9-6-4-3-5-7-10(9)29-12(11)25-14(27)15(18,19)16(20,21)17(22,23)24/h2-8H2,1H3,(H,25,27). The second kappa shape index (κ2) is 8.49. The average molecular weight is 449 g/mol. The maximum atomic E-state index is 13.7. The summed E-state index contributed by atoms with van der Waals surface area (Å²) in [5.74, 6) is -16.5. The average Bonchev–Trinajstić information content (AvgIpc) is 2.79. The third-order valence-electron chi connectivity index (χ3n) is 4.33. The van der Waals surface area contributed by atoms with Crippen molar-refractivity contribution in [3.8, 4) is 0 Å². The Morgan fingerprint density at radius 2 is 1.66 bits per heavy atom. The van der Waals surface area contributed by atoms with E-state index in [0.717, 1.165) is 6.42 Å². The minimum atomic E-state index is -6.64. The predicted octanol–water partition coefficient (Wildman–Crippen LogP) is 5.36. The van der Waals surface area contributed by atoms with Crippen LogP contribution in [0.25, 0.3) is 0 Å². The fourth-order valence-corrected chi connectivity index (χ4v) is 4.09. The van der Waals surface area contributed by atoms with E-state index in [4.69, 9.17) is 4.74 Å². The summed E-state index contributed by atoms with van der Waals surface area (Å²) >= 11 is 0.707. The minimum Gasteiger partial charge on any atom is -0.462 e. The van der Waals surface area contributed by atoms with Crippen LogP contribution in [0.4, 0.5) is 35.7 Å². The summed E-state index contributed by atoms with van der Waals surface area (Å²) in [4.78, 5) is 24.7. The number of nitrogens with one attached hydrogen (secondary N) is 1. The lowest BCUT2D eigenvalue weighted by Gasteiger charge is -2.26. The summed E-state index contributed by atoms with van der Waals surface area (Å²) in [7, 11) is 0. The summed E-state index contributed by atoms with van der Waals surface area (Å²) in [6, 6.07) is 0. The van der Waals surface area contributed by atoms with E-state index in [0.29, 0.717) is 53.9 Å². The Kier molecular flexibility index (Phi) is 6.86. The van der Waals surface area contributed by atoms with Crippen LogP contribution in [0.1, 0.15) is 53.4 Å². The molecule has 1 aromatic heterocycles. The summed E-state index contributed by atoms with van der Waals surface area (Å²) < 4.78 is 95.6. The molecule has 1 aliphatic carbocycles. The molecule has 0 aliphatic heterocycles. The fourth-order valence-electron chi connectivity index (χ4n) is 2.82. The van der Waals surface area contributed by atoms with Crippen molar-refractivity contribution in [2.24, 2.45) is 0 Å². The molecule has 12 heteroatoms. The van der Waals surface area contributed by atoms with Crippen LogP contribution in [0.15, 0.2) is 0 Å². The molecule has 0 saturated carbocycles.